The van der Waals surface area contributed by atoms with Crippen LogP contribution < -0.4 is 4.74 Å². The Morgan fingerprint density at radius 3 is 2.40 bits per heavy atom. The van der Waals surface area contributed by atoms with Crippen LogP contribution >= 0.6 is 34.8 Å². The average molecular weight is 353 g/mol. The molecule has 8 heteroatoms. The second-order valence-corrected chi connectivity index (χ2v) is 7.09. The van der Waals surface area contributed by atoms with Gasteiger partial charge in [0.25, 0.3) is 0 Å². The van der Waals surface area contributed by atoms with Crippen molar-refractivity contribution in [1.29, 1.82) is 0 Å². The first-order valence-electron chi connectivity index (χ1n) is 5.26. The third-order valence-electron chi connectivity index (χ3n) is 2.31. The number of halogens is 3. The van der Waals surface area contributed by atoms with Crippen LogP contribution in [0.3, 0.4) is 0 Å². The SMILES string of the molecule is CS(=O)(=O)c1cc(Cl)c(Oc2ccnc(Cl)c2)cc1Cl. The molecule has 0 spiro atoms. The Kier molecular flexibility index (Phi) is 4.44. The van der Waals surface area contributed by atoms with Crippen molar-refractivity contribution >= 4 is 44.6 Å². The van der Waals surface area contributed by atoms with E-state index in [1.807, 2.05) is 0 Å². The smallest absolute Gasteiger partial charge is 0.177 e. The van der Waals surface area contributed by atoms with Crippen molar-refractivity contribution in [2.24, 2.45) is 0 Å². The molecule has 0 aliphatic carbocycles. The molecule has 0 atom stereocenters. The molecule has 1 aromatic carbocycles. The largest absolute Gasteiger partial charge is 0.456 e. The fourth-order valence-corrected chi connectivity index (χ4v) is 3.20. The Bertz CT molecular complexity index is 763. The summed E-state index contributed by atoms with van der Waals surface area (Å²) in [6.07, 6.45) is 2.52. The predicted octanol–water partition coefficient (Wildman–Crippen LogP) is 4.24. The molecule has 4 nitrogen and oxygen atoms in total. The number of rotatable bonds is 3. The van der Waals surface area contributed by atoms with Crippen LogP contribution in [0.25, 0.3) is 0 Å². The number of aromatic nitrogens is 1. The topological polar surface area (TPSA) is 56.3 Å². The van der Waals surface area contributed by atoms with E-state index in [9.17, 15) is 8.42 Å². The maximum absolute atomic E-state index is 11.5. The summed E-state index contributed by atoms with van der Waals surface area (Å²) >= 11 is 17.7. The molecule has 0 N–H and O–H groups in total. The molecule has 2 rings (SSSR count). The number of hydrogen-bond donors (Lipinski definition) is 0. The van der Waals surface area contributed by atoms with Gasteiger partial charge in [0.05, 0.1) is 14.9 Å². The Morgan fingerprint density at radius 2 is 1.80 bits per heavy atom. The molecule has 0 radical (unpaired) electrons. The fourth-order valence-electron chi connectivity index (χ4n) is 1.45. The minimum absolute atomic E-state index is 0.0343. The molecule has 0 saturated heterocycles. The van der Waals surface area contributed by atoms with Crippen LogP contribution in [0.15, 0.2) is 35.4 Å². The van der Waals surface area contributed by atoms with Crippen LogP contribution in [0.1, 0.15) is 0 Å². The summed E-state index contributed by atoms with van der Waals surface area (Å²) in [5.41, 5.74) is 0. The molecule has 20 heavy (non-hydrogen) atoms. The Hall–Kier alpha value is -1.01. The number of hydrogen-bond acceptors (Lipinski definition) is 4. The van der Waals surface area contributed by atoms with Crippen LogP contribution in [0.2, 0.25) is 15.2 Å². The van der Waals surface area contributed by atoms with Gasteiger partial charge in [-0.3, -0.25) is 0 Å². The molecular weight excluding hydrogens is 345 g/mol. The van der Waals surface area contributed by atoms with Crippen molar-refractivity contribution in [1.82, 2.24) is 4.98 Å². The lowest BCUT2D eigenvalue weighted by atomic mass is 10.3. The van der Waals surface area contributed by atoms with Gasteiger partial charge in [-0.05, 0) is 12.1 Å². The summed E-state index contributed by atoms with van der Waals surface area (Å²) in [7, 11) is -3.46. The maximum Gasteiger partial charge on any atom is 0.177 e. The molecule has 2 aromatic rings. The van der Waals surface area contributed by atoms with Gasteiger partial charge >= 0.3 is 0 Å². The van der Waals surface area contributed by atoms with Crippen LogP contribution in [0.4, 0.5) is 0 Å². The number of sulfone groups is 1. The van der Waals surface area contributed by atoms with Crippen molar-refractivity contribution in [3.05, 3.63) is 45.7 Å². The molecule has 106 valence electrons. The lowest BCUT2D eigenvalue weighted by molar-refractivity contribution is 0.482. The van der Waals surface area contributed by atoms with Crippen LogP contribution in [-0.4, -0.2) is 19.7 Å². The van der Waals surface area contributed by atoms with E-state index in [0.717, 1.165) is 6.26 Å². The van der Waals surface area contributed by atoms with Gasteiger partial charge in [0.1, 0.15) is 16.7 Å². The summed E-state index contributed by atoms with van der Waals surface area (Å²) in [6, 6.07) is 5.67. The van der Waals surface area contributed by atoms with E-state index in [1.165, 1.54) is 24.4 Å². The Balaban J connectivity index is 2.42. The van der Waals surface area contributed by atoms with Crippen molar-refractivity contribution in [2.75, 3.05) is 6.26 Å². The predicted molar refractivity (Wildman–Crippen MR) is 78.9 cm³/mol. The van der Waals surface area contributed by atoms with Crippen molar-refractivity contribution in [3.63, 3.8) is 0 Å². The number of ether oxygens (including phenoxy) is 1. The zero-order valence-electron chi connectivity index (χ0n) is 10.1. The molecule has 1 aromatic heterocycles. The number of pyridine rings is 1. The third-order valence-corrected chi connectivity index (χ3v) is 4.38. The van der Waals surface area contributed by atoms with Gasteiger partial charge in [-0.2, -0.15) is 0 Å². The van der Waals surface area contributed by atoms with Gasteiger partial charge in [-0.15, -0.1) is 0 Å². The quantitative estimate of drug-likeness (QED) is 0.775. The summed E-state index contributed by atoms with van der Waals surface area (Å²) in [4.78, 5) is 3.76. The molecule has 0 aliphatic heterocycles. The van der Waals surface area contributed by atoms with E-state index in [2.05, 4.69) is 4.98 Å². The number of nitrogens with zero attached hydrogens (tertiary/aromatic N) is 1. The molecule has 0 aliphatic rings. The van der Waals surface area contributed by atoms with Crippen LogP contribution in [-0.2, 0) is 9.84 Å². The summed E-state index contributed by atoms with van der Waals surface area (Å²) < 4.78 is 28.5. The summed E-state index contributed by atoms with van der Waals surface area (Å²) in [5, 5.41) is 0.423. The first-order chi connectivity index (χ1) is 9.27. The van der Waals surface area contributed by atoms with Crippen LogP contribution in [0.5, 0.6) is 11.5 Å². The minimum Gasteiger partial charge on any atom is -0.456 e. The van der Waals surface area contributed by atoms with Gasteiger partial charge in [0.15, 0.2) is 9.84 Å². The van der Waals surface area contributed by atoms with E-state index in [4.69, 9.17) is 39.5 Å². The standard InChI is InChI=1S/C12H8Cl3NO3S/c1-20(17,18)11-6-8(13)10(5-9(11)14)19-7-2-3-16-12(15)4-7/h2-6H,1H3. The monoisotopic (exact) mass is 351 g/mol. The zero-order valence-corrected chi connectivity index (χ0v) is 13.2. The maximum atomic E-state index is 11.5. The first-order valence-corrected chi connectivity index (χ1v) is 8.28. The second-order valence-electron chi connectivity index (χ2n) is 3.90. The highest BCUT2D eigenvalue weighted by molar-refractivity contribution is 7.90. The van der Waals surface area contributed by atoms with Crippen LogP contribution in [0, 0.1) is 0 Å². The minimum atomic E-state index is -3.46. The molecule has 0 amide bonds. The average Bonchev–Trinajstić information content (AvgIpc) is 2.32. The van der Waals surface area contributed by atoms with Gasteiger partial charge < -0.3 is 4.74 Å². The van der Waals surface area contributed by atoms with E-state index in [-0.39, 0.29) is 25.8 Å². The van der Waals surface area contributed by atoms with E-state index >= 15 is 0 Å². The second kappa shape index (κ2) is 5.77. The zero-order chi connectivity index (χ0) is 14.9. The van der Waals surface area contributed by atoms with Gasteiger partial charge in [0.2, 0.25) is 0 Å². The van der Waals surface area contributed by atoms with E-state index in [1.54, 1.807) is 6.07 Å². The highest BCUT2D eigenvalue weighted by Crippen LogP contribution is 2.36. The lowest BCUT2D eigenvalue weighted by Crippen LogP contribution is -1.99. The van der Waals surface area contributed by atoms with Gasteiger partial charge in [-0.25, -0.2) is 13.4 Å². The lowest BCUT2D eigenvalue weighted by Gasteiger charge is -2.10. The highest BCUT2D eigenvalue weighted by atomic mass is 35.5. The summed E-state index contributed by atoms with van der Waals surface area (Å²) in [5.74, 6) is 0.640. The van der Waals surface area contributed by atoms with Gasteiger partial charge in [-0.1, -0.05) is 34.8 Å². The molecule has 0 saturated carbocycles. The third kappa shape index (κ3) is 3.55. The summed E-state index contributed by atoms with van der Waals surface area (Å²) in [6.45, 7) is 0. The molecule has 1 heterocycles. The molecular formula is C12H8Cl3NO3S. The van der Waals surface area contributed by atoms with Crippen molar-refractivity contribution in [3.8, 4) is 11.5 Å². The molecule has 0 bridgehead atoms. The number of benzene rings is 1. The van der Waals surface area contributed by atoms with Crippen molar-refractivity contribution < 1.29 is 13.2 Å². The Morgan fingerprint density at radius 1 is 1.10 bits per heavy atom. The van der Waals surface area contributed by atoms with Crippen molar-refractivity contribution in [2.45, 2.75) is 4.90 Å². The highest BCUT2D eigenvalue weighted by Gasteiger charge is 2.16. The van der Waals surface area contributed by atoms with Gasteiger partial charge in [0, 0.05) is 24.6 Å². The van der Waals surface area contributed by atoms with E-state index in [0.29, 0.717) is 5.75 Å². The fraction of sp³-hybridized carbons (Fsp3) is 0.0833. The Labute approximate surface area is 131 Å². The normalized spacial score (nSPS) is 11.4. The van der Waals surface area contributed by atoms with E-state index < -0.39 is 9.84 Å². The first kappa shape index (κ1) is 15.4. The molecule has 0 fully saturated rings. The molecule has 0 unspecified atom stereocenters.